The van der Waals surface area contributed by atoms with Gasteiger partial charge in [0.15, 0.2) is 11.5 Å². The Labute approximate surface area is 135 Å². The second kappa shape index (κ2) is 6.44. The number of aromatic nitrogens is 1. The van der Waals surface area contributed by atoms with Gasteiger partial charge in [0.1, 0.15) is 6.10 Å². The summed E-state index contributed by atoms with van der Waals surface area (Å²) < 4.78 is 16.5. The van der Waals surface area contributed by atoms with E-state index in [1.165, 1.54) is 6.92 Å². The van der Waals surface area contributed by atoms with Gasteiger partial charge in [-0.05, 0) is 38.3 Å². The van der Waals surface area contributed by atoms with Crippen molar-refractivity contribution >= 4 is 16.9 Å². The lowest BCUT2D eigenvalue weighted by Crippen LogP contribution is -2.16. The lowest BCUT2D eigenvalue weighted by Gasteiger charge is -2.25. The fourth-order valence-corrected chi connectivity index (χ4v) is 3.08. The van der Waals surface area contributed by atoms with Crippen LogP contribution >= 0.6 is 0 Å². The van der Waals surface area contributed by atoms with Gasteiger partial charge in [-0.15, -0.1) is 0 Å². The molecule has 122 valence electrons. The average molecular weight is 315 g/mol. The molecule has 0 N–H and O–H groups in total. The number of fused-ring (bicyclic) bond motifs is 2. The number of ether oxygens (including phenoxy) is 3. The van der Waals surface area contributed by atoms with Crippen LogP contribution < -0.4 is 9.47 Å². The fourth-order valence-electron chi connectivity index (χ4n) is 3.08. The first-order valence-corrected chi connectivity index (χ1v) is 7.94. The molecule has 5 heteroatoms. The van der Waals surface area contributed by atoms with E-state index < -0.39 is 0 Å². The number of rotatable bonds is 4. The number of nitrogens with zero attached hydrogens (tertiary/aromatic N) is 1. The molecule has 0 spiro atoms. The Kier molecular flexibility index (Phi) is 4.37. The number of hydrogen-bond acceptors (Lipinski definition) is 5. The van der Waals surface area contributed by atoms with Crippen LogP contribution in [0.2, 0.25) is 0 Å². The van der Waals surface area contributed by atoms with Crippen molar-refractivity contribution in [3.05, 3.63) is 29.5 Å². The summed E-state index contributed by atoms with van der Waals surface area (Å²) in [4.78, 5) is 16.1. The molecule has 2 aromatic rings. The maximum Gasteiger partial charge on any atom is 0.303 e. The predicted molar refractivity (Wildman–Crippen MR) is 86.9 cm³/mol. The van der Waals surface area contributed by atoms with Crippen molar-refractivity contribution in [2.75, 3.05) is 13.7 Å². The van der Waals surface area contributed by atoms with Gasteiger partial charge in [-0.2, -0.15) is 0 Å². The van der Waals surface area contributed by atoms with Crippen molar-refractivity contribution < 1.29 is 19.0 Å². The summed E-state index contributed by atoms with van der Waals surface area (Å²) in [5.41, 5.74) is 2.88. The van der Waals surface area contributed by atoms with Gasteiger partial charge in [0.05, 0.1) is 19.2 Å². The fraction of sp³-hybridized carbons (Fsp3) is 0.444. The minimum atomic E-state index is -0.257. The molecule has 1 aliphatic rings. The third kappa shape index (κ3) is 3.09. The van der Waals surface area contributed by atoms with Crippen LogP contribution in [-0.2, 0) is 16.0 Å². The molecular weight excluding hydrogens is 294 g/mol. The maximum atomic E-state index is 11.3. The summed E-state index contributed by atoms with van der Waals surface area (Å²) in [7, 11) is 1.62. The predicted octanol–water partition coefficient (Wildman–Crippen LogP) is 3.58. The van der Waals surface area contributed by atoms with Crippen LogP contribution in [0.3, 0.4) is 0 Å². The van der Waals surface area contributed by atoms with Gasteiger partial charge >= 0.3 is 5.97 Å². The second-order valence-corrected chi connectivity index (χ2v) is 5.64. The number of carbonyl (C=O) groups is 1. The van der Waals surface area contributed by atoms with Crippen LogP contribution in [0, 0.1) is 0 Å². The van der Waals surface area contributed by atoms with E-state index in [9.17, 15) is 4.79 Å². The van der Waals surface area contributed by atoms with Crippen LogP contribution in [0.25, 0.3) is 10.9 Å². The number of esters is 1. The molecule has 0 amide bonds. The normalized spacial score (nSPS) is 16.7. The van der Waals surface area contributed by atoms with Crippen LogP contribution in [0.4, 0.5) is 0 Å². The third-order valence-corrected chi connectivity index (χ3v) is 4.05. The van der Waals surface area contributed by atoms with Crippen molar-refractivity contribution in [1.82, 2.24) is 4.98 Å². The Morgan fingerprint density at radius 1 is 1.30 bits per heavy atom. The monoisotopic (exact) mass is 315 g/mol. The zero-order valence-corrected chi connectivity index (χ0v) is 13.7. The molecule has 1 aromatic carbocycles. The number of carbonyl (C=O) groups excluding carboxylic acids is 1. The van der Waals surface area contributed by atoms with E-state index in [2.05, 4.69) is 6.07 Å². The number of hydrogen-bond donors (Lipinski definition) is 0. The van der Waals surface area contributed by atoms with E-state index in [1.54, 1.807) is 7.11 Å². The Bertz CT molecular complexity index is 741. The van der Waals surface area contributed by atoms with E-state index in [0.717, 1.165) is 41.4 Å². The number of pyridine rings is 1. The molecule has 1 aliphatic carbocycles. The summed E-state index contributed by atoms with van der Waals surface area (Å²) in [6, 6.07) is 5.89. The minimum absolute atomic E-state index is 0.203. The molecule has 3 rings (SSSR count). The summed E-state index contributed by atoms with van der Waals surface area (Å²) in [5.74, 6) is 1.12. The number of methoxy groups -OCH3 is 1. The summed E-state index contributed by atoms with van der Waals surface area (Å²) in [6.07, 6.45) is 2.51. The van der Waals surface area contributed by atoms with Crippen molar-refractivity contribution in [2.24, 2.45) is 0 Å². The van der Waals surface area contributed by atoms with Crippen molar-refractivity contribution in [1.29, 1.82) is 0 Å². The van der Waals surface area contributed by atoms with Crippen LogP contribution in [-0.4, -0.2) is 24.7 Å². The first kappa shape index (κ1) is 15.6. The van der Waals surface area contributed by atoms with E-state index in [0.29, 0.717) is 18.1 Å². The molecule has 0 fully saturated rings. The highest BCUT2D eigenvalue weighted by molar-refractivity contribution is 5.84. The van der Waals surface area contributed by atoms with Gasteiger partial charge in [0.2, 0.25) is 0 Å². The highest BCUT2D eigenvalue weighted by Crippen LogP contribution is 2.37. The lowest BCUT2D eigenvalue weighted by atomic mass is 9.92. The Balaban J connectivity index is 2.10. The Morgan fingerprint density at radius 3 is 2.83 bits per heavy atom. The topological polar surface area (TPSA) is 57.6 Å². The first-order valence-electron chi connectivity index (χ1n) is 7.94. The number of benzene rings is 1. The molecular formula is C18H21NO4. The van der Waals surface area contributed by atoms with E-state index in [4.69, 9.17) is 19.2 Å². The van der Waals surface area contributed by atoms with Crippen LogP contribution in [0.15, 0.2) is 18.2 Å². The molecule has 0 bridgehead atoms. The van der Waals surface area contributed by atoms with E-state index >= 15 is 0 Å². The van der Waals surface area contributed by atoms with Crippen LogP contribution in [0.1, 0.15) is 44.1 Å². The van der Waals surface area contributed by atoms with E-state index in [1.807, 2.05) is 19.1 Å². The molecule has 1 atom stereocenters. The van der Waals surface area contributed by atoms with E-state index in [-0.39, 0.29) is 12.1 Å². The third-order valence-electron chi connectivity index (χ3n) is 4.05. The first-order chi connectivity index (χ1) is 11.1. The van der Waals surface area contributed by atoms with Gasteiger partial charge in [-0.25, -0.2) is 0 Å². The maximum absolute atomic E-state index is 11.3. The Morgan fingerprint density at radius 2 is 2.13 bits per heavy atom. The molecule has 0 saturated heterocycles. The molecule has 1 heterocycles. The van der Waals surface area contributed by atoms with Gasteiger partial charge in [-0.3, -0.25) is 9.78 Å². The lowest BCUT2D eigenvalue weighted by molar-refractivity contribution is -0.147. The second-order valence-electron chi connectivity index (χ2n) is 5.64. The van der Waals surface area contributed by atoms with Crippen LogP contribution in [0.5, 0.6) is 11.5 Å². The Hall–Kier alpha value is -2.30. The number of aryl methyl sites for hydroxylation is 1. The van der Waals surface area contributed by atoms with Gasteiger partial charge in [0.25, 0.3) is 0 Å². The van der Waals surface area contributed by atoms with Crippen molar-refractivity contribution in [3.63, 3.8) is 0 Å². The standard InChI is InChI=1S/C18H21NO4/c1-4-22-18-10-15-12(9-17(18)21-3)8-13-14(19-15)6-5-7-16(13)23-11(2)20/h8-10,16H,4-7H2,1-3H3. The quantitative estimate of drug-likeness (QED) is 0.807. The van der Waals surface area contributed by atoms with Gasteiger partial charge < -0.3 is 14.2 Å². The summed E-state index contributed by atoms with van der Waals surface area (Å²) in [6.45, 7) is 3.95. The zero-order chi connectivity index (χ0) is 16.4. The summed E-state index contributed by atoms with van der Waals surface area (Å²) in [5, 5.41) is 0.961. The SMILES string of the molecule is CCOc1cc2nc3c(cc2cc1OC)C(OC(C)=O)CCC3. The molecule has 1 unspecified atom stereocenters. The highest BCUT2D eigenvalue weighted by atomic mass is 16.5. The smallest absolute Gasteiger partial charge is 0.303 e. The molecule has 0 saturated carbocycles. The zero-order valence-electron chi connectivity index (χ0n) is 13.7. The molecule has 23 heavy (non-hydrogen) atoms. The summed E-state index contributed by atoms with van der Waals surface area (Å²) >= 11 is 0. The van der Waals surface area contributed by atoms with Crippen molar-refractivity contribution in [2.45, 2.75) is 39.2 Å². The van der Waals surface area contributed by atoms with Crippen molar-refractivity contribution in [3.8, 4) is 11.5 Å². The molecule has 1 aromatic heterocycles. The van der Waals surface area contributed by atoms with Gasteiger partial charge in [0, 0.05) is 29.6 Å². The average Bonchev–Trinajstić information content (AvgIpc) is 2.52. The van der Waals surface area contributed by atoms with Gasteiger partial charge in [-0.1, -0.05) is 0 Å². The minimum Gasteiger partial charge on any atom is -0.493 e. The molecule has 0 radical (unpaired) electrons. The molecule has 0 aliphatic heterocycles. The largest absolute Gasteiger partial charge is 0.493 e. The highest BCUT2D eigenvalue weighted by Gasteiger charge is 2.24. The molecule has 5 nitrogen and oxygen atoms in total.